The molecule has 0 fully saturated rings. The van der Waals surface area contributed by atoms with E-state index in [2.05, 4.69) is 12.2 Å². The first kappa shape index (κ1) is 13.3. The Morgan fingerprint density at radius 3 is 2.36 bits per heavy atom. The van der Waals surface area contributed by atoms with Crippen molar-refractivity contribution in [3.63, 3.8) is 0 Å². The molecule has 0 aromatic carbocycles. The smallest absolute Gasteiger partial charge is 0.323 e. The van der Waals surface area contributed by atoms with E-state index in [0.717, 1.165) is 0 Å². The van der Waals surface area contributed by atoms with Crippen LogP contribution in [0.3, 0.4) is 0 Å². The summed E-state index contributed by atoms with van der Waals surface area (Å²) in [5.41, 5.74) is 10.4. The fraction of sp³-hybridized carbons (Fsp3) is 0.778. The number of thiocarbonyl (C=S) groups is 1. The highest BCUT2D eigenvalue weighted by atomic mass is 32.1. The van der Waals surface area contributed by atoms with Gasteiger partial charge in [0.2, 0.25) is 0 Å². The van der Waals surface area contributed by atoms with Gasteiger partial charge in [0.15, 0.2) is 0 Å². The summed E-state index contributed by atoms with van der Waals surface area (Å²) in [6.45, 7) is 5.39. The van der Waals surface area contributed by atoms with E-state index in [9.17, 15) is 4.79 Å². The molecule has 0 saturated heterocycles. The van der Waals surface area contributed by atoms with Gasteiger partial charge < -0.3 is 16.2 Å². The molecule has 0 aromatic rings. The summed E-state index contributed by atoms with van der Waals surface area (Å²) in [5, 5.41) is 0. The lowest BCUT2D eigenvalue weighted by molar-refractivity contribution is -0.156. The van der Waals surface area contributed by atoms with Crippen LogP contribution in [0.1, 0.15) is 33.6 Å². The van der Waals surface area contributed by atoms with Gasteiger partial charge in [0.25, 0.3) is 0 Å². The highest BCUT2D eigenvalue weighted by molar-refractivity contribution is 7.80. The molecule has 0 bridgehead atoms. The first-order chi connectivity index (χ1) is 6.22. The molecule has 82 valence electrons. The second kappa shape index (κ2) is 5.26. The third-order valence-electron chi connectivity index (χ3n) is 1.41. The number of nitrogens with two attached hydrogens (primary N) is 2. The van der Waals surface area contributed by atoms with Crippen molar-refractivity contribution in [2.75, 3.05) is 0 Å². The molecule has 0 rings (SSSR count). The topological polar surface area (TPSA) is 78.3 Å². The molecule has 0 amide bonds. The Morgan fingerprint density at radius 2 is 2.00 bits per heavy atom. The van der Waals surface area contributed by atoms with E-state index in [1.165, 1.54) is 0 Å². The zero-order valence-electron chi connectivity index (χ0n) is 8.87. The number of hydrogen-bond donors (Lipinski definition) is 2. The quantitative estimate of drug-likeness (QED) is 0.537. The van der Waals surface area contributed by atoms with E-state index < -0.39 is 17.6 Å². The van der Waals surface area contributed by atoms with E-state index in [-0.39, 0.29) is 0 Å². The maximum Gasteiger partial charge on any atom is 0.323 e. The maximum absolute atomic E-state index is 11.3. The van der Waals surface area contributed by atoms with Crippen LogP contribution in [0.15, 0.2) is 0 Å². The molecular weight excluding hydrogens is 200 g/mol. The second-order valence-corrected chi connectivity index (χ2v) is 4.67. The summed E-state index contributed by atoms with van der Waals surface area (Å²) in [4.78, 5) is 11.7. The lowest BCUT2D eigenvalue weighted by Crippen LogP contribution is -2.37. The lowest BCUT2D eigenvalue weighted by atomic mass is 10.1. The molecule has 4 N–H and O–H groups in total. The summed E-state index contributed by atoms with van der Waals surface area (Å²) >= 11 is 4.68. The van der Waals surface area contributed by atoms with Crippen molar-refractivity contribution in [1.82, 2.24) is 0 Å². The third-order valence-corrected chi connectivity index (χ3v) is 1.62. The highest BCUT2D eigenvalue weighted by Gasteiger charge is 2.21. The Bertz CT molecular complexity index is 223. The first-order valence-corrected chi connectivity index (χ1v) is 4.90. The average Bonchev–Trinajstić information content (AvgIpc) is 1.96. The lowest BCUT2D eigenvalue weighted by Gasteiger charge is -2.22. The van der Waals surface area contributed by atoms with Crippen molar-refractivity contribution in [2.45, 2.75) is 45.3 Å². The minimum Gasteiger partial charge on any atom is -0.459 e. The number of carbonyl (C=O) groups excluding carboxylic acids is 1. The zero-order valence-corrected chi connectivity index (χ0v) is 9.69. The number of esters is 1. The molecule has 0 aliphatic carbocycles. The predicted molar refractivity (Wildman–Crippen MR) is 59.8 cm³/mol. The standard InChI is InChI=1S/C9H18N2O2S/c1-9(2,3)13-8(12)6(10)4-5-7(11)14/h6H,4-5,10H2,1-3H3,(H2,11,14). The fourth-order valence-electron chi connectivity index (χ4n) is 0.793. The number of ether oxygens (including phenoxy) is 1. The van der Waals surface area contributed by atoms with Crippen molar-refractivity contribution in [3.05, 3.63) is 0 Å². The van der Waals surface area contributed by atoms with Gasteiger partial charge in [-0.3, -0.25) is 4.79 Å². The Balaban J connectivity index is 3.94. The molecule has 0 aromatic heterocycles. The van der Waals surface area contributed by atoms with Crippen LogP contribution in [0.25, 0.3) is 0 Å². The van der Waals surface area contributed by atoms with Gasteiger partial charge in [-0.05, 0) is 33.6 Å². The van der Waals surface area contributed by atoms with Gasteiger partial charge >= 0.3 is 5.97 Å². The SMILES string of the molecule is CC(C)(C)OC(=O)C(N)CCC(N)=S. The van der Waals surface area contributed by atoms with Gasteiger partial charge in [-0.25, -0.2) is 0 Å². The summed E-state index contributed by atoms with van der Waals surface area (Å²) in [5.74, 6) is -0.409. The van der Waals surface area contributed by atoms with Gasteiger partial charge in [0.05, 0.1) is 4.99 Å². The molecule has 1 atom stereocenters. The molecular formula is C9H18N2O2S. The summed E-state index contributed by atoms with van der Waals surface area (Å²) in [6, 6.07) is -0.643. The molecule has 4 nitrogen and oxygen atoms in total. The Labute approximate surface area is 90.0 Å². The summed E-state index contributed by atoms with van der Waals surface area (Å²) in [6.07, 6.45) is 0.903. The molecule has 1 unspecified atom stereocenters. The van der Waals surface area contributed by atoms with Crippen molar-refractivity contribution in [3.8, 4) is 0 Å². The van der Waals surface area contributed by atoms with E-state index in [1.54, 1.807) is 20.8 Å². The van der Waals surface area contributed by atoms with Crippen molar-refractivity contribution in [1.29, 1.82) is 0 Å². The second-order valence-electron chi connectivity index (χ2n) is 4.14. The maximum atomic E-state index is 11.3. The van der Waals surface area contributed by atoms with Crippen LogP contribution in [0.2, 0.25) is 0 Å². The number of carbonyl (C=O) groups is 1. The van der Waals surface area contributed by atoms with Gasteiger partial charge in [0, 0.05) is 0 Å². The van der Waals surface area contributed by atoms with Crippen molar-refractivity contribution in [2.24, 2.45) is 11.5 Å². The third kappa shape index (κ3) is 6.80. The Hall–Kier alpha value is -0.680. The molecule has 0 aliphatic heterocycles. The van der Waals surface area contributed by atoms with Crippen LogP contribution in [0, 0.1) is 0 Å². The zero-order chi connectivity index (χ0) is 11.4. The fourth-order valence-corrected chi connectivity index (χ4v) is 0.911. The Morgan fingerprint density at radius 1 is 1.50 bits per heavy atom. The van der Waals surface area contributed by atoms with Gasteiger partial charge in [-0.15, -0.1) is 0 Å². The van der Waals surface area contributed by atoms with Crippen LogP contribution in [0.4, 0.5) is 0 Å². The van der Waals surface area contributed by atoms with E-state index in [1.807, 2.05) is 0 Å². The monoisotopic (exact) mass is 218 g/mol. The van der Waals surface area contributed by atoms with Crippen LogP contribution < -0.4 is 11.5 Å². The molecule has 0 saturated carbocycles. The van der Waals surface area contributed by atoms with E-state index in [4.69, 9.17) is 16.2 Å². The summed E-state index contributed by atoms with van der Waals surface area (Å²) in [7, 11) is 0. The number of rotatable bonds is 4. The highest BCUT2D eigenvalue weighted by Crippen LogP contribution is 2.09. The van der Waals surface area contributed by atoms with Gasteiger partial charge in [0.1, 0.15) is 11.6 Å². The van der Waals surface area contributed by atoms with E-state index in [0.29, 0.717) is 17.8 Å². The van der Waals surface area contributed by atoms with Crippen LogP contribution in [-0.2, 0) is 9.53 Å². The Kier molecular flexibility index (Phi) is 5.01. The molecule has 14 heavy (non-hydrogen) atoms. The van der Waals surface area contributed by atoms with Crippen molar-refractivity contribution < 1.29 is 9.53 Å². The average molecular weight is 218 g/mol. The van der Waals surface area contributed by atoms with Gasteiger partial charge in [-0.1, -0.05) is 12.2 Å². The first-order valence-electron chi connectivity index (χ1n) is 4.49. The van der Waals surface area contributed by atoms with Crippen LogP contribution in [0.5, 0.6) is 0 Å². The molecule has 5 heteroatoms. The summed E-state index contributed by atoms with van der Waals surface area (Å²) < 4.78 is 5.08. The predicted octanol–water partition coefficient (Wildman–Crippen LogP) is 0.722. The molecule has 0 heterocycles. The largest absolute Gasteiger partial charge is 0.459 e. The molecule has 0 aliphatic rings. The van der Waals surface area contributed by atoms with Crippen molar-refractivity contribution >= 4 is 23.2 Å². The van der Waals surface area contributed by atoms with E-state index >= 15 is 0 Å². The number of hydrogen-bond acceptors (Lipinski definition) is 4. The molecule has 0 radical (unpaired) electrons. The van der Waals surface area contributed by atoms with Gasteiger partial charge in [-0.2, -0.15) is 0 Å². The normalized spacial score (nSPS) is 13.4. The van der Waals surface area contributed by atoms with Crippen LogP contribution in [-0.4, -0.2) is 22.6 Å². The van der Waals surface area contributed by atoms with Crippen LogP contribution >= 0.6 is 12.2 Å². The molecule has 0 spiro atoms. The minimum atomic E-state index is -0.643. The minimum absolute atomic E-state index is 0.365.